The number of amides is 1. The zero-order valence-electron chi connectivity index (χ0n) is 12.1. The first-order valence-corrected chi connectivity index (χ1v) is 7.39. The average molecular weight is 400 g/mol. The first-order valence-electron chi connectivity index (χ1n) is 6.59. The summed E-state index contributed by atoms with van der Waals surface area (Å²) in [5.74, 6) is -4.53. The molecule has 0 unspecified atom stereocenters. The lowest BCUT2D eigenvalue weighted by molar-refractivity contribution is 0.100. The third-order valence-electron chi connectivity index (χ3n) is 3.27. The molecular formula is C15H9BrF3N3O2. The molecule has 1 heterocycles. The summed E-state index contributed by atoms with van der Waals surface area (Å²) < 4.78 is 48.2. The molecule has 1 aromatic heterocycles. The van der Waals surface area contributed by atoms with E-state index in [0.717, 1.165) is 6.07 Å². The van der Waals surface area contributed by atoms with Crippen molar-refractivity contribution < 1.29 is 22.4 Å². The Bertz CT molecular complexity index is 988. The van der Waals surface area contributed by atoms with E-state index in [4.69, 9.17) is 10.2 Å². The number of benzene rings is 2. The number of oxazole rings is 1. The Morgan fingerprint density at radius 2 is 2.00 bits per heavy atom. The Labute approximate surface area is 141 Å². The molecule has 0 atom stereocenters. The number of hydrogen-bond acceptors (Lipinski definition) is 4. The Hall–Kier alpha value is -2.55. The topological polar surface area (TPSA) is 81.1 Å². The summed E-state index contributed by atoms with van der Waals surface area (Å²) >= 11 is 3.08. The van der Waals surface area contributed by atoms with Crippen LogP contribution in [0.1, 0.15) is 16.2 Å². The van der Waals surface area contributed by atoms with Gasteiger partial charge in [0.15, 0.2) is 23.1 Å². The summed E-state index contributed by atoms with van der Waals surface area (Å²) in [6, 6.07) is 3.90. The molecule has 0 aliphatic rings. The molecule has 2 aromatic carbocycles. The minimum absolute atomic E-state index is 0.0257. The number of nitrogens with zero attached hydrogens (tertiary/aromatic N) is 1. The van der Waals surface area contributed by atoms with Crippen LogP contribution in [0.5, 0.6) is 0 Å². The third-order valence-corrected chi connectivity index (χ3v) is 3.76. The zero-order chi connectivity index (χ0) is 17.6. The third kappa shape index (κ3) is 2.60. The summed E-state index contributed by atoms with van der Waals surface area (Å²) in [7, 11) is 0. The highest BCUT2D eigenvalue weighted by atomic mass is 79.9. The molecule has 0 saturated carbocycles. The van der Waals surface area contributed by atoms with Crippen LogP contribution in [0.4, 0.5) is 24.5 Å². The van der Waals surface area contributed by atoms with Gasteiger partial charge in [-0.05, 0) is 18.2 Å². The van der Waals surface area contributed by atoms with Gasteiger partial charge in [0, 0.05) is 11.4 Å². The lowest BCUT2D eigenvalue weighted by Crippen LogP contribution is -2.16. The van der Waals surface area contributed by atoms with Gasteiger partial charge in [-0.15, -0.1) is 0 Å². The monoisotopic (exact) mass is 399 g/mol. The van der Waals surface area contributed by atoms with E-state index in [2.05, 4.69) is 26.2 Å². The van der Waals surface area contributed by atoms with E-state index in [1.165, 1.54) is 19.1 Å². The van der Waals surface area contributed by atoms with Gasteiger partial charge in [-0.2, -0.15) is 0 Å². The number of anilines is 2. The smallest absolute Gasteiger partial charge is 0.254 e. The first-order chi connectivity index (χ1) is 11.3. The molecule has 0 aliphatic heterocycles. The quantitative estimate of drug-likeness (QED) is 0.692. The average Bonchev–Trinajstić information content (AvgIpc) is 2.88. The maximum absolute atomic E-state index is 14.4. The molecular weight excluding hydrogens is 391 g/mol. The molecule has 3 N–H and O–H groups in total. The summed E-state index contributed by atoms with van der Waals surface area (Å²) in [6.07, 6.45) is 0. The number of nitrogens with one attached hydrogen (secondary N) is 1. The van der Waals surface area contributed by atoms with Gasteiger partial charge in [0.05, 0.1) is 11.4 Å². The van der Waals surface area contributed by atoms with Crippen molar-refractivity contribution in [1.82, 2.24) is 4.98 Å². The van der Waals surface area contributed by atoms with Crippen LogP contribution in [-0.2, 0) is 0 Å². The van der Waals surface area contributed by atoms with Gasteiger partial charge in [0.25, 0.3) is 5.91 Å². The predicted octanol–water partition coefficient (Wildman–Crippen LogP) is 4.16. The number of halogens is 4. The van der Waals surface area contributed by atoms with Crippen LogP contribution in [0.3, 0.4) is 0 Å². The second-order valence-electron chi connectivity index (χ2n) is 4.90. The minimum atomic E-state index is -1.41. The van der Waals surface area contributed by atoms with Crippen LogP contribution >= 0.6 is 15.9 Å². The molecule has 0 aliphatic carbocycles. The van der Waals surface area contributed by atoms with Gasteiger partial charge in [-0.3, -0.25) is 4.79 Å². The fourth-order valence-electron chi connectivity index (χ4n) is 2.26. The highest BCUT2D eigenvalue weighted by molar-refractivity contribution is 9.10. The molecule has 0 fully saturated rings. The molecule has 5 nitrogen and oxygen atoms in total. The summed E-state index contributed by atoms with van der Waals surface area (Å²) in [5, 5.41) is 2.36. The van der Waals surface area contributed by atoms with Gasteiger partial charge >= 0.3 is 0 Å². The van der Waals surface area contributed by atoms with Crippen LogP contribution in [0.2, 0.25) is 0 Å². The van der Waals surface area contributed by atoms with Gasteiger partial charge < -0.3 is 15.5 Å². The number of primary amides is 1. The number of aryl methyl sites for hydroxylation is 1. The number of carbonyl (C=O) groups excluding carboxylic acids is 1. The van der Waals surface area contributed by atoms with E-state index in [9.17, 15) is 18.0 Å². The Morgan fingerprint density at radius 3 is 2.62 bits per heavy atom. The second-order valence-corrected chi connectivity index (χ2v) is 5.82. The van der Waals surface area contributed by atoms with Crippen molar-refractivity contribution in [3.05, 3.63) is 51.6 Å². The highest BCUT2D eigenvalue weighted by Gasteiger charge is 2.27. The zero-order valence-corrected chi connectivity index (χ0v) is 13.7. The molecule has 0 radical (unpaired) electrons. The fourth-order valence-corrected chi connectivity index (χ4v) is 2.59. The molecule has 9 heteroatoms. The predicted molar refractivity (Wildman–Crippen MR) is 84.6 cm³/mol. The Balaban J connectivity index is 2.28. The van der Waals surface area contributed by atoms with E-state index < -0.39 is 40.1 Å². The number of nitrogens with two attached hydrogens (primary N) is 1. The van der Waals surface area contributed by atoms with Crippen molar-refractivity contribution in [2.75, 3.05) is 5.32 Å². The van der Waals surface area contributed by atoms with Gasteiger partial charge in [-0.25, -0.2) is 18.2 Å². The number of hydrogen-bond donors (Lipinski definition) is 2. The van der Waals surface area contributed by atoms with E-state index in [-0.39, 0.29) is 17.2 Å². The van der Waals surface area contributed by atoms with E-state index in [1.54, 1.807) is 0 Å². The Kier molecular flexibility index (Phi) is 3.96. The SMILES string of the molecule is Cc1nc2c(F)c(F)c(Nc3ccc(Br)cc3F)c(C(N)=O)c2o1. The van der Waals surface area contributed by atoms with E-state index in [0.29, 0.717) is 4.47 Å². The van der Waals surface area contributed by atoms with Crippen molar-refractivity contribution >= 4 is 44.3 Å². The highest BCUT2D eigenvalue weighted by Crippen LogP contribution is 2.35. The van der Waals surface area contributed by atoms with Gasteiger partial charge in [-0.1, -0.05) is 15.9 Å². The van der Waals surface area contributed by atoms with Crippen molar-refractivity contribution in [2.45, 2.75) is 6.92 Å². The second kappa shape index (κ2) is 5.82. The Morgan fingerprint density at radius 1 is 1.29 bits per heavy atom. The van der Waals surface area contributed by atoms with Crippen LogP contribution in [0.15, 0.2) is 27.1 Å². The van der Waals surface area contributed by atoms with Crippen LogP contribution < -0.4 is 11.1 Å². The molecule has 124 valence electrons. The van der Waals surface area contributed by atoms with E-state index >= 15 is 0 Å². The molecule has 0 saturated heterocycles. The largest absolute Gasteiger partial charge is 0.440 e. The number of rotatable bonds is 3. The van der Waals surface area contributed by atoms with Gasteiger partial charge in [0.1, 0.15) is 16.9 Å². The lowest BCUT2D eigenvalue weighted by atomic mass is 10.1. The molecule has 1 amide bonds. The summed E-state index contributed by atoms with van der Waals surface area (Å²) in [6.45, 7) is 1.41. The van der Waals surface area contributed by atoms with Crippen molar-refractivity contribution in [2.24, 2.45) is 5.73 Å². The van der Waals surface area contributed by atoms with Crippen molar-refractivity contribution in [3.63, 3.8) is 0 Å². The molecule has 24 heavy (non-hydrogen) atoms. The molecule has 0 spiro atoms. The summed E-state index contributed by atoms with van der Waals surface area (Å²) in [4.78, 5) is 15.4. The fraction of sp³-hybridized carbons (Fsp3) is 0.0667. The van der Waals surface area contributed by atoms with Crippen LogP contribution in [0.25, 0.3) is 11.1 Å². The minimum Gasteiger partial charge on any atom is -0.440 e. The maximum Gasteiger partial charge on any atom is 0.254 e. The van der Waals surface area contributed by atoms with E-state index in [1.807, 2.05) is 0 Å². The maximum atomic E-state index is 14.4. The van der Waals surface area contributed by atoms with Crippen LogP contribution in [-0.4, -0.2) is 10.9 Å². The van der Waals surface area contributed by atoms with Crippen LogP contribution in [0, 0.1) is 24.4 Å². The number of aromatic nitrogens is 1. The molecule has 3 rings (SSSR count). The standard InChI is InChI=1S/C15H9BrF3N3O2/c1-5-21-13-11(19)10(18)12(9(15(20)23)14(13)24-5)22-8-3-2-6(16)4-7(8)17/h2-4,22H,1H3,(H2,20,23). The molecule has 3 aromatic rings. The first kappa shape index (κ1) is 16.3. The normalized spacial score (nSPS) is 11.0. The van der Waals surface area contributed by atoms with Crippen molar-refractivity contribution in [1.29, 1.82) is 0 Å². The molecule has 0 bridgehead atoms. The van der Waals surface area contributed by atoms with Crippen molar-refractivity contribution in [3.8, 4) is 0 Å². The number of fused-ring (bicyclic) bond motifs is 1. The lowest BCUT2D eigenvalue weighted by Gasteiger charge is -2.13. The summed E-state index contributed by atoms with van der Waals surface area (Å²) in [5.41, 5.74) is 3.26. The van der Waals surface area contributed by atoms with Gasteiger partial charge in [0.2, 0.25) is 0 Å². The number of carbonyl (C=O) groups is 1.